The number of rotatable bonds is 1. The van der Waals surface area contributed by atoms with Crippen LogP contribution in [0.15, 0.2) is 46.9 Å². The first kappa shape index (κ1) is 9.79. The van der Waals surface area contributed by atoms with Crippen molar-refractivity contribution in [3.05, 3.63) is 48.0 Å². The van der Waals surface area contributed by atoms with Crippen LogP contribution in [0.5, 0.6) is 0 Å². The van der Waals surface area contributed by atoms with Crippen molar-refractivity contribution in [2.75, 3.05) is 0 Å². The molecule has 0 aliphatic rings. The molecule has 1 radical (unpaired) electrons. The van der Waals surface area contributed by atoms with Gasteiger partial charge in [0.15, 0.2) is 11.1 Å². The van der Waals surface area contributed by atoms with Gasteiger partial charge < -0.3 is 4.42 Å². The van der Waals surface area contributed by atoms with Crippen LogP contribution in [0, 0.1) is 5.51 Å². The summed E-state index contributed by atoms with van der Waals surface area (Å²) in [5, 5.41) is 0. The fourth-order valence-corrected chi connectivity index (χ4v) is 2.71. The van der Waals surface area contributed by atoms with E-state index in [-0.39, 0.29) is 0 Å². The van der Waals surface area contributed by atoms with Crippen LogP contribution in [0.2, 0.25) is 0 Å². The average Bonchev–Trinajstić information content (AvgIpc) is 3.04. The second-order valence-electron chi connectivity index (χ2n) is 3.95. The van der Waals surface area contributed by atoms with Crippen LogP contribution in [0.4, 0.5) is 0 Å². The largest absolute Gasteiger partial charge is 0.436 e. The third kappa shape index (κ3) is 1.36. The molecule has 0 saturated carbocycles. The first-order chi connectivity index (χ1) is 8.92. The van der Waals surface area contributed by atoms with Gasteiger partial charge in [0.05, 0.1) is 15.8 Å². The molecular formula is C14H7N2OS. The third-order valence-corrected chi connectivity index (χ3v) is 3.65. The van der Waals surface area contributed by atoms with Gasteiger partial charge in [-0.05, 0) is 24.3 Å². The molecule has 18 heavy (non-hydrogen) atoms. The van der Waals surface area contributed by atoms with E-state index in [0.717, 1.165) is 26.9 Å². The summed E-state index contributed by atoms with van der Waals surface area (Å²) in [6.07, 6.45) is 0. The maximum Gasteiger partial charge on any atom is 0.228 e. The van der Waals surface area contributed by atoms with E-state index in [0.29, 0.717) is 5.89 Å². The van der Waals surface area contributed by atoms with Crippen molar-refractivity contribution in [1.82, 2.24) is 9.97 Å². The fourth-order valence-electron chi connectivity index (χ4n) is 1.99. The van der Waals surface area contributed by atoms with Crippen LogP contribution < -0.4 is 0 Å². The van der Waals surface area contributed by atoms with Crippen LogP contribution >= 0.6 is 11.3 Å². The number of oxazole rings is 1. The molecule has 0 fully saturated rings. The Morgan fingerprint density at radius 1 is 1.00 bits per heavy atom. The maximum absolute atomic E-state index is 5.79. The lowest BCUT2D eigenvalue weighted by atomic mass is 10.2. The molecular weight excluding hydrogens is 244 g/mol. The smallest absolute Gasteiger partial charge is 0.228 e. The maximum atomic E-state index is 5.79. The van der Waals surface area contributed by atoms with Gasteiger partial charge in [-0.1, -0.05) is 18.2 Å². The van der Waals surface area contributed by atoms with E-state index in [1.807, 2.05) is 42.5 Å². The number of hydrogen-bond acceptors (Lipinski definition) is 4. The summed E-state index contributed by atoms with van der Waals surface area (Å²) in [7, 11) is 0. The van der Waals surface area contributed by atoms with Crippen LogP contribution in [0.1, 0.15) is 0 Å². The molecule has 4 rings (SSSR count). The number of nitrogens with zero attached hydrogens (tertiary/aromatic N) is 2. The third-order valence-electron chi connectivity index (χ3n) is 2.83. The number of fused-ring (bicyclic) bond motifs is 2. The molecule has 2 heterocycles. The zero-order valence-corrected chi connectivity index (χ0v) is 10.1. The summed E-state index contributed by atoms with van der Waals surface area (Å²) >= 11 is 1.48. The lowest BCUT2D eigenvalue weighted by Gasteiger charge is -1.95. The Bertz CT molecular complexity index is 814. The van der Waals surface area contributed by atoms with E-state index in [9.17, 15) is 0 Å². The molecule has 4 heteroatoms. The number of para-hydroxylation sites is 2. The molecule has 0 atom stereocenters. The zero-order valence-electron chi connectivity index (χ0n) is 9.25. The highest BCUT2D eigenvalue weighted by molar-refractivity contribution is 7.16. The predicted octanol–water partition coefficient (Wildman–Crippen LogP) is 3.90. The number of aromatic nitrogens is 2. The Kier molecular flexibility index (Phi) is 1.98. The van der Waals surface area contributed by atoms with Crippen LogP contribution in [-0.4, -0.2) is 9.97 Å². The van der Waals surface area contributed by atoms with Crippen molar-refractivity contribution < 1.29 is 4.42 Å². The molecule has 3 nitrogen and oxygen atoms in total. The fraction of sp³-hybridized carbons (Fsp3) is 0. The molecule has 2 aromatic carbocycles. The minimum Gasteiger partial charge on any atom is -0.436 e. The zero-order chi connectivity index (χ0) is 11.9. The Balaban J connectivity index is 2.04. The first-order valence-corrected chi connectivity index (χ1v) is 6.35. The van der Waals surface area contributed by atoms with Gasteiger partial charge in [-0.15, -0.1) is 11.3 Å². The van der Waals surface area contributed by atoms with Gasteiger partial charge >= 0.3 is 0 Å². The summed E-state index contributed by atoms with van der Waals surface area (Å²) in [6, 6.07) is 13.7. The Hall–Kier alpha value is -2.20. The van der Waals surface area contributed by atoms with Gasteiger partial charge in [-0.3, -0.25) is 0 Å². The van der Waals surface area contributed by atoms with E-state index in [2.05, 4.69) is 15.5 Å². The molecule has 0 unspecified atom stereocenters. The van der Waals surface area contributed by atoms with E-state index in [1.165, 1.54) is 11.3 Å². The molecule has 0 aliphatic heterocycles. The standard InChI is InChI=1S/C14H7N2OS/c1-2-7-12-10(5-1)16-14(17-12)9-4-3-6-11-13(9)18-8-15-11/h1-7H. The van der Waals surface area contributed by atoms with Gasteiger partial charge in [-0.25, -0.2) is 9.97 Å². The highest BCUT2D eigenvalue weighted by atomic mass is 32.1. The minimum absolute atomic E-state index is 0.638. The van der Waals surface area contributed by atoms with E-state index in [4.69, 9.17) is 4.42 Å². The van der Waals surface area contributed by atoms with Crippen molar-refractivity contribution >= 4 is 32.7 Å². The summed E-state index contributed by atoms with van der Waals surface area (Å²) in [5.41, 5.74) is 6.49. The number of thiazole rings is 1. The van der Waals surface area contributed by atoms with Crippen molar-refractivity contribution in [3.63, 3.8) is 0 Å². The topological polar surface area (TPSA) is 38.9 Å². The lowest BCUT2D eigenvalue weighted by Crippen LogP contribution is -1.77. The molecule has 85 valence electrons. The molecule has 0 spiro atoms. The van der Waals surface area contributed by atoms with Gasteiger partial charge in [0, 0.05) is 0 Å². The predicted molar refractivity (Wildman–Crippen MR) is 71.5 cm³/mol. The van der Waals surface area contributed by atoms with Crippen molar-refractivity contribution in [2.45, 2.75) is 0 Å². The SMILES string of the molecule is [c]1nc2cccc(-c3nc4ccccc4o3)c2s1. The summed E-state index contributed by atoms with van der Waals surface area (Å²) in [4.78, 5) is 8.69. The van der Waals surface area contributed by atoms with Gasteiger partial charge in [0.25, 0.3) is 0 Å². The van der Waals surface area contributed by atoms with Gasteiger partial charge in [0.1, 0.15) is 5.52 Å². The Morgan fingerprint density at radius 2 is 1.89 bits per heavy atom. The quantitative estimate of drug-likeness (QED) is 0.515. The molecule has 0 bridgehead atoms. The lowest BCUT2D eigenvalue weighted by molar-refractivity contribution is 0.621. The van der Waals surface area contributed by atoms with E-state index in [1.54, 1.807) is 0 Å². The molecule has 2 aromatic heterocycles. The number of hydrogen-bond donors (Lipinski definition) is 0. The second kappa shape index (κ2) is 3.65. The van der Waals surface area contributed by atoms with Crippen molar-refractivity contribution in [2.24, 2.45) is 0 Å². The van der Waals surface area contributed by atoms with Crippen LogP contribution in [0.25, 0.3) is 32.8 Å². The highest BCUT2D eigenvalue weighted by Gasteiger charge is 2.12. The van der Waals surface area contributed by atoms with Gasteiger partial charge in [0.2, 0.25) is 5.89 Å². The summed E-state index contributed by atoms with van der Waals surface area (Å²) < 4.78 is 6.84. The van der Waals surface area contributed by atoms with Crippen molar-refractivity contribution in [1.29, 1.82) is 0 Å². The number of benzene rings is 2. The van der Waals surface area contributed by atoms with Crippen LogP contribution in [0.3, 0.4) is 0 Å². The monoisotopic (exact) mass is 251 g/mol. The highest BCUT2D eigenvalue weighted by Crippen LogP contribution is 2.32. The Morgan fingerprint density at radius 3 is 2.83 bits per heavy atom. The summed E-state index contributed by atoms with van der Waals surface area (Å²) in [5.74, 6) is 0.638. The summed E-state index contributed by atoms with van der Waals surface area (Å²) in [6.45, 7) is 0. The first-order valence-electron chi connectivity index (χ1n) is 5.53. The van der Waals surface area contributed by atoms with Gasteiger partial charge in [-0.2, -0.15) is 0 Å². The minimum atomic E-state index is 0.638. The molecule has 0 N–H and O–H groups in total. The second-order valence-corrected chi connectivity index (χ2v) is 4.74. The molecule has 0 saturated heterocycles. The molecule has 0 amide bonds. The molecule has 4 aromatic rings. The van der Waals surface area contributed by atoms with E-state index >= 15 is 0 Å². The molecule has 0 aliphatic carbocycles. The van der Waals surface area contributed by atoms with Crippen LogP contribution in [-0.2, 0) is 0 Å². The normalized spacial score (nSPS) is 11.3. The Labute approximate surface area is 107 Å². The van der Waals surface area contributed by atoms with Crippen molar-refractivity contribution in [3.8, 4) is 11.5 Å². The average molecular weight is 251 g/mol. The van der Waals surface area contributed by atoms with E-state index < -0.39 is 0 Å².